The molecule has 5 aliphatic rings. The number of nitrogens with zero attached hydrogens (tertiary/aromatic N) is 2. The van der Waals surface area contributed by atoms with Crippen LogP contribution in [0.15, 0.2) is 65.8 Å². The highest BCUT2D eigenvalue weighted by atomic mass is 16.1. The van der Waals surface area contributed by atoms with Gasteiger partial charge in [0, 0.05) is 11.1 Å². The third kappa shape index (κ3) is 1.54. The van der Waals surface area contributed by atoms with Crippen LogP contribution in [-0.4, -0.2) is 5.71 Å². The molecule has 2 nitrogen and oxygen atoms in total. The van der Waals surface area contributed by atoms with Crippen molar-refractivity contribution in [3.05, 3.63) is 88.5 Å². The third-order valence-corrected chi connectivity index (χ3v) is 26.2. The van der Waals surface area contributed by atoms with Gasteiger partial charge in [-0.15, -0.1) is 0 Å². The molecular formula is C73H10N2. The van der Waals surface area contributed by atoms with Crippen LogP contribution in [0.25, 0.3) is 291 Å². The fraction of sp³-hybridized carbons (Fsp3) is 0.0274. The van der Waals surface area contributed by atoms with E-state index in [2.05, 4.69) is 65.7 Å². The highest BCUT2D eigenvalue weighted by Gasteiger charge is 2.76. The Morgan fingerprint density at radius 3 is 0.653 bits per heavy atom. The van der Waals surface area contributed by atoms with Crippen LogP contribution in [0, 0.1) is 0 Å². The van der Waals surface area contributed by atoms with Crippen LogP contribution in [-0.2, 0) is 11.0 Å². The zero-order chi connectivity index (χ0) is 44.6. The van der Waals surface area contributed by atoms with E-state index in [1.807, 2.05) is 0 Å². The van der Waals surface area contributed by atoms with Crippen molar-refractivity contribution in [2.24, 2.45) is 5.10 Å². The molecule has 35 rings (SSSR count). The van der Waals surface area contributed by atoms with Crippen LogP contribution < -0.4 is 5.01 Å². The summed E-state index contributed by atoms with van der Waals surface area (Å²) in [6.45, 7) is 0. The Hall–Kier alpha value is -9.63. The SMILES string of the molecule is c1ccc(C2=N[15N](c3ccccc3)C34c5c6c7c8c9c%10c(c%11c%12c3c3c5c5c%13c6c6c7c7c9c9c%14c%10c%10c%11c%11c%12c%12c3c3c5c5c%13c%13c6c6c7c9c7c9c%14c%10c%10c%11c%11c%12c3c3c5c5c%13c6c7c6c9c%10c%11c3c56)C284)cc1. The maximum atomic E-state index is 6.53. The van der Waals surface area contributed by atoms with Gasteiger partial charge < -0.3 is 0 Å². The van der Waals surface area contributed by atoms with Crippen LogP contribution in [0.4, 0.5) is 5.69 Å². The standard InChI is InChI=1S/C73H10N2/c1-3-7-11(8-4-1)71-72-67-59-51-41-31-23-15-13-14-17-21-19(15)27-35-29(21)39-33-25(17)26-18(14)22-20-16(13)24(23)32-38-28(20)36-30(22)40-34(26)44-43(33)55-49(39)57-47(35)53(45(51)37(27)31)61(67)63(57)69-65(55)66-56(44)50(40)58-48(36)54-46(38)52(42(32)41)60(59)68(72)62(54)64(58)70(66)73(69,72)75(74-71)12-9-5-2-6-10-12/h1-10H/i75+1. The highest BCUT2D eigenvalue weighted by molar-refractivity contribution is 6.82. The van der Waals surface area contributed by atoms with Crippen molar-refractivity contribution in [2.75, 3.05) is 5.01 Å². The second kappa shape index (κ2) is 6.50. The molecule has 1 heterocycles. The molecule has 312 valence electrons. The number of benzene rings is 20. The first-order chi connectivity index (χ1) is 37.4. The van der Waals surface area contributed by atoms with E-state index in [4.69, 9.17) is 5.10 Å². The molecule has 2 heteroatoms. The van der Waals surface area contributed by atoms with Gasteiger partial charge in [-0.2, -0.15) is 5.10 Å². The second-order valence-corrected chi connectivity index (χ2v) is 26.7. The maximum Gasteiger partial charge on any atom is 0.135 e. The van der Waals surface area contributed by atoms with Gasteiger partial charge in [-0.05, 0) is 320 Å². The number of hydrogen-bond donors (Lipinski definition) is 0. The van der Waals surface area contributed by atoms with E-state index >= 15 is 0 Å². The summed E-state index contributed by atoms with van der Waals surface area (Å²) in [5, 5.41) is 96.9. The molecule has 75 heavy (non-hydrogen) atoms. The van der Waals surface area contributed by atoms with Crippen molar-refractivity contribution in [2.45, 2.75) is 11.0 Å². The van der Waals surface area contributed by atoms with Gasteiger partial charge in [-0.1, -0.05) is 48.5 Å². The Morgan fingerprint density at radius 1 is 0.213 bits per heavy atom. The molecule has 0 N–H and O–H groups in total. The summed E-state index contributed by atoms with van der Waals surface area (Å²) in [6, 6.07) is 23.4. The molecule has 30 aromatic rings. The molecule has 0 saturated carbocycles. The van der Waals surface area contributed by atoms with Gasteiger partial charge in [0.1, 0.15) is 11.0 Å². The molecule has 0 fully saturated rings. The fourth-order valence-electron chi connectivity index (χ4n) is 25.9. The van der Waals surface area contributed by atoms with Gasteiger partial charge in [0.15, 0.2) is 0 Å². The lowest BCUT2D eigenvalue weighted by molar-refractivity contribution is 0.425. The summed E-state index contributed by atoms with van der Waals surface area (Å²) in [7, 11) is 0. The Bertz CT molecular complexity index is 7610. The van der Waals surface area contributed by atoms with Crippen LogP contribution in [0.2, 0.25) is 0 Å². The molecule has 0 radical (unpaired) electrons. The predicted octanol–water partition coefficient (Wildman–Crippen LogP) is 19.2. The molecule has 0 bridgehead atoms. The maximum absolute atomic E-state index is 6.53. The van der Waals surface area contributed by atoms with Crippen LogP contribution >= 0.6 is 0 Å². The molecule has 1 aliphatic heterocycles. The summed E-state index contributed by atoms with van der Waals surface area (Å²) in [4.78, 5) is 0. The third-order valence-electron chi connectivity index (χ3n) is 26.2. The minimum atomic E-state index is -0.676. The molecule has 30 aromatic carbocycles. The summed E-state index contributed by atoms with van der Waals surface area (Å²) >= 11 is 0. The quantitative estimate of drug-likeness (QED) is 0.125. The zero-order valence-electron chi connectivity index (χ0n) is 38.2. The van der Waals surface area contributed by atoms with Crippen molar-refractivity contribution < 1.29 is 0 Å². The van der Waals surface area contributed by atoms with E-state index in [1.54, 1.807) is 313 Å². The van der Waals surface area contributed by atoms with Crippen LogP contribution in [0.1, 0.15) is 27.8 Å². The van der Waals surface area contributed by atoms with Crippen molar-refractivity contribution in [1.29, 1.82) is 0 Å². The average Bonchev–Trinajstić information content (AvgIpc) is 3.40. The summed E-state index contributed by atoms with van der Waals surface area (Å²) < 4.78 is 0. The first-order valence-corrected chi connectivity index (χ1v) is 27.7. The van der Waals surface area contributed by atoms with Gasteiger partial charge in [-0.25, -0.2) is 5.01 Å². The van der Waals surface area contributed by atoms with Gasteiger partial charge in [0.05, 0.1) is 11.4 Å². The number of para-hydroxylation sites is 1. The fourth-order valence-corrected chi connectivity index (χ4v) is 25.9. The molecule has 4 aliphatic carbocycles. The van der Waals surface area contributed by atoms with E-state index in [-0.39, 0.29) is 0 Å². The molecule has 0 amide bonds. The normalized spacial score (nSPS) is 21.8. The highest BCUT2D eigenvalue weighted by Crippen LogP contribution is 2.86. The minimum absolute atomic E-state index is 0.629. The molecule has 0 atom stereocenters. The van der Waals surface area contributed by atoms with Crippen LogP contribution in [0.3, 0.4) is 0 Å². The summed E-state index contributed by atoms with van der Waals surface area (Å²) in [5.74, 6) is 0. The molecule has 2 spiro atoms. The van der Waals surface area contributed by atoms with Crippen molar-refractivity contribution in [1.82, 2.24) is 0 Å². The van der Waals surface area contributed by atoms with E-state index in [0.717, 1.165) is 0 Å². The first-order valence-electron chi connectivity index (χ1n) is 27.7. The summed E-state index contributed by atoms with van der Waals surface area (Å²) in [6.07, 6.45) is 0. The van der Waals surface area contributed by atoms with Gasteiger partial charge in [0.2, 0.25) is 0 Å². The smallest absolute Gasteiger partial charge is 0.135 e. The van der Waals surface area contributed by atoms with E-state index in [1.165, 1.54) is 17.0 Å². The van der Waals surface area contributed by atoms with Crippen LogP contribution in [0.5, 0.6) is 0 Å². The average molecular weight is 916 g/mol. The number of rotatable bonds is 2. The molecule has 0 aromatic heterocycles. The lowest BCUT2D eigenvalue weighted by Crippen LogP contribution is -2.59. The lowest BCUT2D eigenvalue weighted by Gasteiger charge is -2.53. The molecular weight excluding hydrogens is 906 g/mol. The van der Waals surface area contributed by atoms with Gasteiger partial charge in [-0.3, -0.25) is 0 Å². The Labute approximate surface area is 409 Å². The number of hydrogen-bond acceptors (Lipinski definition) is 2. The first kappa shape index (κ1) is 28.0. The van der Waals surface area contributed by atoms with Crippen molar-refractivity contribution in [3.63, 3.8) is 0 Å². The Morgan fingerprint density at radius 2 is 0.413 bits per heavy atom. The van der Waals surface area contributed by atoms with Crippen molar-refractivity contribution >= 4 is 302 Å². The topological polar surface area (TPSA) is 15.6 Å². The second-order valence-electron chi connectivity index (χ2n) is 26.7. The Kier molecular flexibility index (Phi) is 2.43. The van der Waals surface area contributed by atoms with E-state index in [0.29, 0.717) is 0 Å². The van der Waals surface area contributed by atoms with Gasteiger partial charge >= 0.3 is 0 Å². The van der Waals surface area contributed by atoms with Crippen molar-refractivity contribution in [3.8, 4) is 0 Å². The Balaban J connectivity index is 1.14. The molecule has 0 unspecified atom stereocenters. The number of anilines is 1. The zero-order valence-corrected chi connectivity index (χ0v) is 38.2. The lowest BCUT2D eigenvalue weighted by atomic mass is 9.51. The molecule has 0 saturated heterocycles. The summed E-state index contributed by atoms with van der Waals surface area (Å²) in [5.41, 5.74) is 8.90. The van der Waals surface area contributed by atoms with E-state index < -0.39 is 11.0 Å². The van der Waals surface area contributed by atoms with Gasteiger partial charge in [0.25, 0.3) is 0 Å². The number of hydrazone groups is 1. The monoisotopic (exact) mass is 915 g/mol. The van der Waals surface area contributed by atoms with E-state index in [9.17, 15) is 0 Å². The largest absolute Gasteiger partial charge is 0.248 e. The minimum Gasteiger partial charge on any atom is -0.248 e. The predicted molar refractivity (Wildman–Crippen MR) is 316 cm³/mol.